The van der Waals surface area contributed by atoms with Gasteiger partial charge in [-0.25, -0.2) is 9.97 Å². The first-order valence-corrected chi connectivity index (χ1v) is 9.95. The molecular weight excluding hydrogens is 400 g/mol. The zero-order chi connectivity index (χ0) is 17.4. The predicted octanol–water partition coefficient (Wildman–Crippen LogP) is 5.80. The van der Waals surface area contributed by atoms with E-state index >= 15 is 0 Å². The molecule has 0 radical (unpaired) electrons. The van der Waals surface area contributed by atoms with Gasteiger partial charge in [-0.3, -0.25) is 0 Å². The van der Waals surface area contributed by atoms with Crippen LogP contribution in [0.25, 0.3) is 22.4 Å². The average molecular weight is 420 g/mol. The van der Waals surface area contributed by atoms with Crippen molar-refractivity contribution in [3.8, 4) is 11.3 Å². The number of hydrogen-bond donors (Lipinski definition) is 0. The SMILES string of the molecule is Cc1cccc(-c2nc(Cl)nc3nc(Br)n(CC4CCCCC4)c23)c1. The number of rotatable bonds is 3. The zero-order valence-electron chi connectivity index (χ0n) is 14.2. The summed E-state index contributed by atoms with van der Waals surface area (Å²) >= 11 is 9.80. The molecule has 2 heterocycles. The molecule has 0 N–H and O–H groups in total. The van der Waals surface area contributed by atoms with Crippen LogP contribution in [-0.2, 0) is 6.54 Å². The van der Waals surface area contributed by atoms with Crippen LogP contribution in [0, 0.1) is 12.8 Å². The highest BCUT2D eigenvalue weighted by Gasteiger charge is 2.21. The maximum atomic E-state index is 6.18. The summed E-state index contributed by atoms with van der Waals surface area (Å²) in [7, 11) is 0. The number of aryl methyl sites for hydroxylation is 1. The molecule has 1 fully saturated rings. The first-order valence-electron chi connectivity index (χ1n) is 8.78. The maximum absolute atomic E-state index is 6.18. The van der Waals surface area contributed by atoms with Crippen LogP contribution in [0.5, 0.6) is 0 Å². The summed E-state index contributed by atoms with van der Waals surface area (Å²) in [6.45, 7) is 3.03. The van der Waals surface area contributed by atoms with Gasteiger partial charge in [-0.1, -0.05) is 43.0 Å². The van der Waals surface area contributed by atoms with Gasteiger partial charge in [-0.05, 0) is 59.3 Å². The van der Waals surface area contributed by atoms with E-state index in [1.807, 2.05) is 6.07 Å². The zero-order valence-corrected chi connectivity index (χ0v) is 16.5. The molecule has 6 heteroatoms. The Hall–Kier alpha value is -1.46. The van der Waals surface area contributed by atoms with Crippen molar-refractivity contribution >= 4 is 38.7 Å². The normalized spacial score (nSPS) is 15.8. The second kappa shape index (κ2) is 7.04. The van der Waals surface area contributed by atoms with Crippen LogP contribution in [0.15, 0.2) is 29.0 Å². The van der Waals surface area contributed by atoms with Crippen molar-refractivity contribution in [1.29, 1.82) is 0 Å². The number of fused-ring (bicyclic) bond motifs is 1. The third-order valence-corrected chi connectivity index (χ3v) is 5.76. The molecule has 2 aromatic heterocycles. The first kappa shape index (κ1) is 17.0. The van der Waals surface area contributed by atoms with Crippen LogP contribution in [-0.4, -0.2) is 19.5 Å². The van der Waals surface area contributed by atoms with Crippen LogP contribution in [0.2, 0.25) is 5.28 Å². The van der Waals surface area contributed by atoms with Gasteiger partial charge in [-0.2, -0.15) is 4.98 Å². The lowest BCUT2D eigenvalue weighted by atomic mass is 9.89. The van der Waals surface area contributed by atoms with Crippen molar-refractivity contribution in [3.63, 3.8) is 0 Å². The first-order chi connectivity index (χ1) is 12.1. The summed E-state index contributed by atoms with van der Waals surface area (Å²) in [5.74, 6) is 0.684. The molecule has 0 amide bonds. The average Bonchev–Trinajstić information content (AvgIpc) is 2.90. The molecule has 0 aliphatic heterocycles. The number of nitrogens with zero attached hydrogens (tertiary/aromatic N) is 4. The molecule has 1 aliphatic rings. The van der Waals surface area contributed by atoms with Crippen molar-refractivity contribution in [1.82, 2.24) is 19.5 Å². The number of aromatic nitrogens is 4. The standard InChI is InChI=1S/C19H20BrClN4/c1-12-6-5-9-14(10-12)15-16-17(24-19(21)22-15)23-18(20)25(16)11-13-7-3-2-4-8-13/h5-6,9-10,13H,2-4,7-8,11H2,1H3. The van der Waals surface area contributed by atoms with E-state index in [1.165, 1.54) is 37.7 Å². The molecule has 1 saturated carbocycles. The Morgan fingerprint density at radius 3 is 2.72 bits per heavy atom. The Morgan fingerprint density at radius 1 is 1.16 bits per heavy atom. The Kier molecular flexibility index (Phi) is 4.78. The van der Waals surface area contributed by atoms with Crippen molar-refractivity contribution < 1.29 is 0 Å². The van der Waals surface area contributed by atoms with E-state index in [1.54, 1.807) is 0 Å². The maximum Gasteiger partial charge on any atom is 0.225 e. The van der Waals surface area contributed by atoms with E-state index in [-0.39, 0.29) is 5.28 Å². The van der Waals surface area contributed by atoms with Gasteiger partial charge in [-0.15, -0.1) is 0 Å². The Balaban J connectivity index is 1.86. The van der Waals surface area contributed by atoms with Crippen molar-refractivity contribution in [3.05, 3.63) is 39.8 Å². The predicted molar refractivity (Wildman–Crippen MR) is 105 cm³/mol. The number of halogens is 2. The molecular formula is C19H20BrClN4. The molecule has 25 heavy (non-hydrogen) atoms. The van der Waals surface area contributed by atoms with Gasteiger partial charge in [0.2, 0.25) is 5.28 Å². The third-order valence-electron chi connectivity index (χ3n) is 4.99. The lowest BCUT2D eigenvalue weighted by Gasteiger charge is -2.22. The largest absolute Gasteiger partial charge is 0.315 e. The van der Waals surface area contributed by atoms with E-state index < -0.39 is 0 Å². The molecule has 4 nitrogen and oxygen atoms in total. The number of imidazole rings is 1. The highest BCUT2D eigenvalue weighted by Crippen LogP contribution is 2.33. The highest BCUT2D eigenvalue weighted by atomic mass is 79.9. The molecule has 0 unspecified atom stereocenters. The number of benzene rings is 1. The minimum absolute atomic E-state index is 0.235. The quantitative estimate of drug-likeness (QED) is 0.398. The van der Waals surface area contributed by atoms with Crippen LogP contribution in [0.3, 0.4) is 0 Å². The molecule has 3 aromatic rings. The van der Waals surface area contributed by atoms with E-state index in [9.17, 15) is 0 Å². The molecule has 0 spiro atoms. The summed E-state index contributed by atoms with van der Waals surface area (Å²) in [5.41, 5.74) is 4.71. The minimum Gasteiger partial charge on any atom is -0.315 e. The molecule has 4 rings (SSSR count). The topological polar surface area (TPSA) is 43.6 Å². The Morgan fingerprint density at radius 2 is 1.96 bits per heavy atom. The van der Waals surface area contributed by atoms with Crippen LogP contribution >= 0.6 is 27.5 Å². The van der Waals surface area contributed by atoms with Crippen LogP contribution in [0.1, 0.15) is 37.7 Å². The third kappa shape index (κ3) is 3.44. The summed E-state index contributed by atoms with van der Waals surface area (Å²) in [6, 6.07) is 8.32. The monoisotopic (exact) mass is 418 g/mol. The van der Waals surface area contributed by atoms with Crippen LogP contribution < -0.4 is 0 Å². The molecule has 0 saturated heterocycles. The van der Waals surface area contributed by atoms with Gasteiger partial charge in [0.25, 0.3) is 0 Å². The summed E-state index contributed by atoms with van der Waals surface area (Å²) in [4.78, 5) is 13.5. The van der Waals surface area contributed by atoms with Crippen LogP contribution in [0.4, 0.5) is 0 Å². The molecule has 1 aromatic carbocycles. The Bertz CT molecular complexity index is 915. The Labute approximate surface area is 160 Å². The second-order valence-corrected chi connectivity index (χ2v) is 7.93. The van der Waals surface area contributed by atoms with E-state index in [0.717, 1.165) is 28.1 Å². The van der Waals surface area contributed by atoms with E-state index in [2.05, 4.69) is 60.6 Å². The van der Waals surface area contributed by atoms with Gasteiger partial charge in [0.15, 0.2) is 10.4 Å². The molecule has 1 aliphatic carbocycles. The molecule has 0 atom stereocenters. The minimum atomic E-state index is 0.235. The van der Waals surface area contributed by atoms with Crippen molar-refractivity contribution in [2.75, 3.05) is 0 Å². The summed E-state index contributed by atoms with van der Waals surface area (Å²) < 4.78 is 3.03. The van der Waals surface area contributed by atoms with Gasteiger partial charge in [0.1, 0.15) is 11.2 Å². The lowest BCUT2D eigenvalue weighted by molar-refractivity contribution is 0.320. The van der Waals surface area contributed by atoms with Gasteiger partial charge in [0.05, 0.1) is 0 Å². The number of hydrogen-bond acceptors (Lipinski definition) is 3. The fraction of sp³-hybridized carbons (Fsp3) is 0.421. The van der Waals surface area contributed by atoms with Gasteiger partial charge >= 0.3 is 0 Å². The van der Waals surface area contributed by atoms with Crippen molar-refractivity contribution in [2.45, 2.75) is 45.6 Å². The highest BCUT2D eigenvalue weighted by molar-refractivity contribution is 9.10. The lowest BCUT2D eigenvalue weighted by Crippen LogP contribution is -2.14. The molecule has 130 valence electrons. The summed E-state index contributed by atoms with van der Waals surface area (Å²) in [6.07, 6.45) is 6.56. The van der Waals surface area contributed by atoms with Crippen molar-refractivity contribution in [2.24, 2.45) is 5.92 Å². The molecule has 0 bridgehead atoms. The van der Waals surface area contributed by atoms with Gasteiger partial charge < -0.3 is 4.57 Å². The summed E-state index contributed by atoms with van der Waals surface area (Å²) in [5, 5.41) is 0.235. The van der Waals surface area contributed by atoms with E-state index in [4.69, 9.17) is 11.6 Å². The van der Waals surface area contributed by atoms with E-state index in [0.29, 0.717) is 11.6 Å². The fourth-order valence-corrected chi connectivity index (χ4v) is 4.43. The smallest absolute Gasteiger partial charge is 0.225 e. The van der Waals surface area contributed by atoms with Gasteiger partial charge in [0, 0.05) is 12.1 Å². The fourth-order valence-electron chi connectivity index (χ4n) is 3.77. The second-order valence-electron chi connectivity index (χ2n) is 6.88.